The van der Waals surface area contributed by atoms with Gasteiger partial charge in [-0.3, -0.25) is 4.79 Å². The molecule has 66 valence electrons. The van der Waals surface area contributed by atoms with Gasteiger partial charge in [-0.15, -0.1) is 0 Å². The minimum atomic E-state index is 0.0145. The molecule has 0 aromatic carbocycles. The summed E-state index contributed by atoms with van der Waals surface area (Å²) in [5.41, 5.74) is 2.26. The molecule has 13 heavy (non-hydrogen) atoms. The highest BCUT2D eigenvalue weighted by atomic mass is 16.1. The third kappa shape index (κ3) is 1.20. The zero-order chi connectivity index (χ0) is 9.42. The molecule has 0 atom stereocenters. The van der Waals surface area contributed by atoms with Crippen molar-refractivity contribution in [1.82, 2.24) is 14.8 Å². The van der Waals surface area contributed by atoms with Crippen molar-refractivity contribution in [2.24, 2.45) is 0 Å². The van der Waals surface area contributed by atoms with E-state index in [-0.39, 0.29) is 5.78 Å². The average molecular weight is 175 g/mol. The third-order valence-corrected chi connectivity index (χ3v) is 1.90. The zero-order valence-corrected chi connectivity index (χ0v) is 7.48. The summed E-state index contributed by atoms with van der Waals surface area (Å²) >= 11 is 0. The summed E-state index contributed by atoms with van der Waals surface area (Å²) in [5, 5.41) is 8.12. The van der Waals surface area contributed by atoms with E-state index in [0.717, 1.165) is 11.2 Å². The highest BCUT2D eigenvalue weighted by Gasteiger charge is 2.07. The SMILES string of the molecule is CC(=O)c1cnn2nc(C)ccc12. The molecule has 2 heterocycles. The Labute approximate surface area is 75.2 Å². The Kier molecular flexibility index (Phi) is 1.62. The molecule has 4 heteroatoms. The molecular weight excluding hydrogens is 166 g/mol. The summed E-state index contributed by atoms with van der Waals surface area (Å²) in [6, 6.07) is 3.72. The number of fused-ring (bicyclic) bond motifs is 1. The molecular formula is C9H9N3O. The maximum Gasteiger partial charge on any atom is 0.163 e. The normalized spacial score (nSPS) is 10.6. The number of nitrogens with zero attached hydrogens (tertiary/aromatic N) is 3. The van der Waals surface area contributed by atoms with Gasteiger partial charge in [0, 0.05) is 0 Å². The number of hydrogen-bond donors (Lipinski definition) is 0. The van der Waals surface area contributed by atoms with Crippen LogP contribution in [0.1, 0.15) is 23.0 Å². The molecule has 2 rings (SSSR count). The van der Waals surface area contributed by atoms with Crippen molar-refractivity contribution in [3.63, 3.8) is 0 Å². The lowest BCUT2D eigenvalue weighted by atomic mass is 10.2. The largest absolute Gasteiger partial charge is 0.294 e. The van der Waals surface area contributed by atoms with Gasteiger partial charge in [0.05, 0.1) is 23.0 Å². The molecule has 0 aliphatic carbocycles. The van der Waals surface area contributed by atoms with E-state index in [1.54, 1.807) is 6.20 Å². The van der Waals surface area contributed by atoms with Gasteiger partial charge in [-0.05, 0) is 26.0 Å². The van der Waals surface area contributed by atoms with Crippen molar-refractivity contribution in [2.75, 3.05) is 0 Å². The molecule has 0 N–H and O–H groups in total. The van der Waals surface area contributed by atoms with Gasteiger partial charge in [-0.2, -0.15) is 14.8 Å². The first-order chi connectivity index (χ1) is 6.18. The minimum absolute atomic E-state index is 0.0145. The lowest BCUT2D eigenvalue weighted by molar-refractivity contribution is 0.101. The second-order valence-corrected chi connectivity index (χ2v) is 2.96. The molecule has 0 spiro atoms. The topological polar surface area (TPSA) is 47.3 Å². The fourth-order valence-corrected chi connectivity index (χ4v) is 1.24. The van der Waals surface area contributed by atoms with Crippen LogP contribution in [0.15, 0.2) is 18.3 Å². The Bertz CT molecular complexity index is 473. The Morgan fingerprint density at radius 3 is 2.92 bits per heavy atom. The lowest BCUT2D eigenvalue weighted by Crippen LogP contribution is -1.96. The van der Waals surface area contributed by atoms with Crippen molar-refractivity contribution in [2.45, 2.75) is 13.8 Å². The van der Waals surface area contributed by atoms with Gasteiger partial charge in [-0.1, -0.05) is 0 Å². The van der Waals surface area contributed by atoms with Crippen molar-refractivity contribution in [3.05, 3.63) is 29.6 Å². The van der Waals surface area contributed by atoms with Crippen LogP contribution in [-0.2, 0) is 0 Å². The maximum atomic E-state index is 11.1. The quantitative estimate of drug-likeness (QED) is 0.612. The molecule has 0 aliphatic heterocycles. The third-order valence-electron chi connectivity index (χ3n) is 1.90. The average Bonchev–Trinajstić information content (AvgIpc) is 2.46. The second-order valence-electron chi connectivity index (χ2n) is 2.96. The second kappa shape index (κ2) is 2.65. The predicted octanol–water partition coefficient (Wildman–Crippen LogP) is 1.24. The van der Waals surface area contributed by atoms with Gasteiger partial charge in [0.25, 0.3) is 0 Å². The van der Waals surface area contributed by atoms with Crippen LogP contribution in [-0.4, -0.2) is 20.6 Å². The van der Waals surface area contributed by atoms with Crippen molar-refractivity contribution < 1.29 is 4.79 Å². The molecule has 0 saturated carbocycles. The molecule has 0 aliphatic rings. The molecule has 2 aromatic heterocycles. The molecule has 0 bridgehead atoms. The Balaban J connectivity index is 2.76. The van der Waals surface area contributed by atoms with E-state index in [9.17, 15) is 4.79 Å². The van der Waals surface area contributed by atoms with Gasteiger partial charge < -0.3 is 0 Å². The zero-order valence-electron chi connectivity index (χ0n) is 7.48. The van der Waals surface area contributed by atoms with Crippen LogP contribution in [0, 0.1) is 6.92 Å². The summed E-state index contributed by atoms with van der Waals surface area (Å²) in [4.78, 5) is 11.1. The minimum Gasteiger partial charge on any atom is -0.294 e. The first kappa shape index (κ1) is 7.91. The number of Topliss-reactive ketones (excluding diaryl/α,β-unsaturated/α-hetero) is 1. The van der Waals surface area contributed by atoms with Crippen molar-refractivity contribution >= 4 is 11.3 Å². The number of carbonyl (C=O) groups excluding carboxylic acids is 1. The van der Waals surface area contributed by atoms with Gasteiger partial charge in [0.2, 0.25) is 0 Å². The smallest absolute Gasteiger partial charge is 0.163 e. The number of aryl methyl sites for hydroxylation is 1. The highest BCUT2D eigenvalue weighted by molar-refractivity contribution is 6.00. The monoisotopic (exact) mass is 175 g/mol. The van der Waals surface area contributed by atoms with E-state index >= 15 is 0 Å². The summed E-state index contributed by atoms with van der Waals surface area (Å²) in [6.45, 7) is 3.41. The van der Waals surface area contributed by atoms with Crippen LogP contribution in [0.4, 0.5) is 0 Å². The standard InChI is InChI=1S/C9H9N3O/c1-6-3-4-9-8(7(2)13)5-10-12(9)11-6/h3-5H,1-2H3. The number of hydrogen-bond acceptors (Lipinski definition) is 3. The molecule has 0 saturated heterocycles. The van der Waals surface area contributed by atoms with Crippen LogP contribution in [0.3, 0.4) is 0 Å². The predicted molar refractivity (Wildman–Crippen MR) is 47.7 cm³/mol. The van der Waals surface area contributed by atoms with Crippen LogP contribution in [0.2, 0.25) is 0 Å². The van der Waals surface area contributed by atoms with Crippen LogP contribution in [0.5, 0.6) is 0 Å². The first-order valence-electron chi connectivity index (χ1n) is 4.01. The van der Waals surface area contributed by atoms with Gasteiger partial charge in [0.1, 0.15) is 0 Å². The van der Waals surface area contributed by atoms with E-state index in [1.165, 1.54) is 11.6 Å². The molecule has 0 radical (unpaired) electrons. The van der Waals surface area contributed by atoms with Crippen LogP contribution in [0.25, 0.3) is 5.52 Å². The highest BCUT2D eigenvalue weighted by Crippen LogP contribution is 2.09. The van der Waals surface area contributed by atoms with E-state index in [2.05, 4.69) is 10.2 Å². The number of carbonyl (C=O) groups is 1. The molecule has 4 nitrogen and oxygen atoms in total. The number of ketones is 1. The Hall–Kier alpha value is -1.71. The van der Waals surface area contributed by atoms with Crippen LogP contribution < -0.4 is 0 Å². The summed E-state index contributed by atoms with van der Waals surface area (Å²) in [6.07, 6.45) is 1.55. The number of aromatic nitrogens is 3. The summed E-state index contributed by atoms with van der Waals surface area (Å²) in [7, 11) is 0. The van der Waals surface area contributed by atoms with Crippen molar-refractivity contribution in [3.8, 4) is 0 Å². The molecule has 0 unspecified atom stereocenters. The molecule has 0 fully saturated rings. The van der Waals surface area contributed by atoms with Gasteiger partial charge in [0.15, 0.2) is 5.78 Å². The maximum absolute atomic E-state index is 11.1. The van der Waals surface area contributed by atoms with Gasteiger partial charge >= 0.3 is 0 Å². The Morgan fingerprint density at radius 1 is 1.46 bits per heavy atom. The fraction of sp³-hybridized carbons (Fsp3) is 0.222. The van der Waals surface area contributed by atoms with Crippen molar-refractivity contribution in [1.29, 1.82) is 0 Å². The van der Waals surface area contributed by atoms with E-state index in [4.69, 9.17) is 0 Å². The fourth-order valence-electron chi connectivity index (χ4n) is 1.24. The van der Waals surface area contributed by atoms with Crippen LogP contribution >= 0.6 is 0 Å². The lowest BCUT2D eigenvalue weighted by Gasteiger charge is -1.94. The summed E-state index contributed by atoms with van der Waals surface area (Å²) < 4.78 is 1.48. The van der Waals surface area contributed by atoms with E-state index < -0.39 is 0 Å². The Morgan fingerprint density at radius 2 is 2.23 bits per heavy atom. The molecule has 0 amide bonds. The first-order valence-corrected chi connectivity index (χ1v) is 4.01. The molecule has 2 aromatic rings. The number of rotatable bonds is 1. The summed E-state index contributed by atoms with van der Waals surface area (Å²) in [5.74, 6) is 0.0145. The van der Waals surface area contributed by atoms with Gasteiger partial charge in [-0.25, -0.2) is 0 Å². The van der Waals surface area contributed by atoms with E-state index in [0.29, 0.717) is 5.56 Å². The van der Waals surface area contributed by atoms with E-state index in [1.807, 2.05) is 19.1 Å².